The van der Waals surface area contributed by atoms with Gasteiger partial charge in [-0.1, -0.05) is 0 Å². The van der Waals surface area contributed by atoms with Crippen LogP contribution in [0.15, 0.2) is 15.0 Å². The second-order valence-electron chi connectivity index (χ2n) is 10.7. The van der Waals surface area contributed by atoms with Crippen molar-refractivity contribution in [3.8, 4) is 0 Å². The van der Waals surface area contributed by atoms with E-state index in [1.807, 2.05) is 0 Å². The maximum absolute atomic E-state index is 13.1. The van der Waals surface area contributed by atoms with Crippen molar-refractivity contribution in [1.82, 2.24) is 37.2 Å². The van der Waals surface area contributed by atoms with Crippen LogP contribution in [0.25, 0.3) is 0 Å². The lowest BCUT2D eigenvalue weighted by atomic mass is 10.1. The molecular weight excluding hydrogens is 646 g/mol. The minimum absolute atomic E-state index is 0.0327. The number of carboxylic acid groups (broad SMARTS) is 1. The average molecular weight is 700 g/mol. The van der Waals surface area contributed by atoms with E-state index in [2.05, 4.69) is 52.2 Å². The first-order valence-corrected chi connectivity index (χ1v) is 15.5. The minimum atomic E-state index is -1.28. The van der Waals surface area contributed by atoms with Gasteiger partial charge < -0.3 is 71.0 Å². The molecule has 0 saturated carbocycles. The van der Waals surface area contributed by atoms with Gasteiger partial charge in [0.25, 0.3) is 0 Å². The molecule has 22 nitrogen and oxygen atoms in total. The monoisotopic (exact) mass is 699 g/mol. The molecule has 4 atom stereocenters. The molecule has 0 radical (unpaired) electrons. The van der Waals surface area contributed by atoms with Gasteiger partial charge in [0, 0.05) is 33.7 Å². The van der Waals surface area contributed by atoms with Gasteiger partial charge in [0.05, 0.1) is 19.1 Å². The number of carboxylic acids is 1. The van der Waals surface area contributed by atoms with Crippen molar-refractivity contribution in [3.63, 3.8) is 0 Å². The SMILES string of the molecule is CN=C(NC)NCCC[C@H](NC(=O)CNC(=O)[C@H](CCCN=C(N)N)NC(=O)[C@H](C)N)C(=O)NCC(=O)N[C@@H](CCCN=C(N)N)C(=O)O. The molecule has 0 spiro atoms. The number of hydrogen-bond acceptors (Lipinski definition) is 10. The van der Waals surface area contributed by atoms with Crippen LogP contribution in [0.5, 0.6) is 0 Å². The third-order valence-corrected chi connectivity index (χ3v) is 6.49. The Hall–Kier alpha value is -5.41. The van der Waals surface area contributed by atoms with Crippen molar-refractivity contribution >= 4 is 53.4 Å². The highest BCUT2D eigenvalue weighted by atomic mass is 16.4. The Kier molecular flexibility index (Phi) is 22.0. The first kappa shape index (κ1) is 43.6. The lowest BCUT2D eigenvalue weighted by molar-refractivity contribution is -0.142. The van der Waals surface area contributed by atoms with Gasteiger partial charge in [0.2, 0.25) is 29.5 Å². The third kappa shape index (κ3) is 21.2. The fourth-order valence-electron chi connectivity index (χ4n) is 3.97. The number of hydrogen-bond donors (Lipinski definition) is 13. The molecule has 49 heavy (non-hydrogen) atoms. The van der Waals surface area contributed by atoms with Crippen LogP contribution < -0.4 is 65.9 Å². The summed E-state index contributed by atoms with van der Waals surface area (Å²) >= 11 is 0. The number of amides is 5. The highest BCUT2D eigenvalue weighted by molar-refractivity contribution is 5.94. The van der Waals surface area contributed by atoms with Gasteiger partial charge in [-0.2, -0.15) is 0 Å². The summed E-state index contributed by atoms with van der Waals surface area (Å²) in [4.78, 5) is 86.5. The van der Waals surface area contributed by atoms with Crippen molar-refractivity contribution in [1.29, 1.82) is 0 Å². The van der Waals surface area contributed by atoms with E-state index in [1.165, 1.54) is 6.92 Å². The number of nitrogens with two attached hydrogens (primary N) is 5. The molecule has 18 N–H and O–H groups in total. The zero-order valence-electron chi connectivity index (χ0n) is 28.2. The van der Waals surface area contributed by atoms with E-state index in [-0.39, 0.29) is 50.7 Å². The number of guanidine groups is 3. The van der Waals surface area contributed by atoms with Gasteiger partial charge in [-0.25, -0.2) is 4.79 Å². The van der Waals surface area contributed by atoms with E-state index < -0.39 is 72.8 Å². The first-order valence-electron chi connectivity index (χ1n) is 15.5. The molecule has 0 fully saturated rings. The molecule has 278 valence electrons. The number of nitrogens with one attached hydrogen (secondary N) is 7. The molecule has 0 unspecified atom stereocenters. The standard InChI is InChI=1S/C27H53N15O7/c1-15(28)21(45)42-17(8-4-10-35-25(29)30)23(47)39-13-19(43)40-16(7-5-12-37-27(33-2)34-3)22(46)38-14-20(44)41-18(24(48)49)9-6-11-36-26(31)32/h15-18H,4-14,28H2,1-3H3,(H,38,46)(H,39,47)(H,40,43)(H,41,44)(H,42,45)(H,48,49)(H4,29,30,35)(H4,31,32,36)(H2,33,34,37)/t15-,16-,17-,18-/m0/s1. The van der Waals surface area contributed by atoms with E-state index in [9.17, 15) is 33.9 Å². The largest absolute Gasteiger partial charge is 0.480 e. The van der Waals surface area contributed by atoms with Gasteiger partial charge >= 0.3 is 5.97 Å². The van der Waals surface area contributed by atoms with E-state index in [0.717, 1.165) is 0 Å². The van der Waals surface area contributed by atoms with Crippen LogP contribution in [0.2, 0.25) is 0 Å². The fraction of sp³-hybridized carbons (Fsp3) is 0.667. The Labute approximate surface area is 284 Å². The van der Waals surface area contributed by atoms with Crippen LogP contribution in [-0.4, -0.2) is 129 Å². The molecule has 0 aliphatic carbocycles. The van der Waals surface area contributed by atoms with Gasteiger partial charge in [0.1, 0.15) is 18.1 Å². The lowest BCUT2D eigenvalue weighted by Crippen LogP contribution is -2.54. The van der Waals surface area contributed by atoms with Gasteiger partial charge in [-0.05, 0) is 45.4 Å². The fourth-order valence-corrected chi connectivity index (χ4v) is 3.97. The molecular formula is C27H53N15O7. The van der Waals surface area contributed by atoms with Crippen molar-refractivity contribution in [2.45, 2.75) is 69.6 Å². The zero-order valence-corrected chi connectivity index (χ0v) is 28.2. The topological polar surface area (TPSA) is 374 Å². The predicted molar refractivity (Wildman–Crippen MR) is 183 cm³/mol. The minimum Gasteiger partial charge on any atom is -0.480 e. The molecule has 0 heterocycles. The zero-order chi connectivity index (χ0) is 37.4. The second kappa shape index (κ2) is 24.7. The number of carbonyl (C=O) groups is 6. The van der Waals surface area contributed by atoms with Gasteiger partial charge in [0.15, 0.2) is 17.9 Å². The molecule has 22 heteroatoms. The Bertz CT molecular complexity index is 1190. The highest BCUT2D eigenvalue weighted by Gasteiger charge is 2.25. The normalized spacial score (nSPS) is 13.3. The second-order valence-corrected chi connectivity index (χ2v) is 10.7. The van der Waals surface area contributed by atoms with Gasteiger partial charge in [-0.3, -0.25) is 38.9 Å². The number of aliphatic carboxylic acids is 1. The number of carbonyl (C=O) groups excluding carboxylic acids is 5. The molecule has 0 bridgehead atoms. The summed E-state index contributed by atoms with van der Waals surface area (Å²) in [6.07, 6.45) is 1.25. The maximum Gasteiger partial charge on any atom is 0.326 e. The van der Waals surface area contributed by atoms with Crippen molar-refractivity contribution < 1.29 is 33.9 Å². The summed E-state index contributed by atoms with van der Waals surface area (Å²) in [5.41, 5.74) is 26.7. The molecule has 0 rings (SSSR count). The summed E-state index contributed by atoms with van der Waals surface area (Å²) in [6.45, 7) is 1.04. The van der Waals surface area contributed by atoms with Crippen LogP contribution in [0.4, 0.5) is 0 Å². The molecule has 0 aromatic carbocycles. The van der Waals surface area contributed by atoms with Crippen molar-refractivity contribution in [2.24, 2.45) is 43.6 Å². The number of rotatable bonds is 23. The Morgan fingerprint density at radius 2 is 1.12 bits per heavy atom. The van der Waals surface area contributed by atoms with E-state index in [4.69, 9.17) is 28.7 Å². The number of nitrogens with zero attached hydrogens (tertiary/aromatic N) is 3. The van der Waals surface area contributed by atoms with Crippen LogP contribution in [0.3, 0.4) is 0 Å². The molecule has 0 aliphatic heterocycles. The predicted octanol–water partition coefficient (Wildman–Crippen LogP) is -6.21. The van der Waals surface area contributed by atoms with Crippen LogP contribution in [0, 0.1) is 0 Å². The van der Waals surface area contributed by atoms with E-state index >= 15 is 0 Å². The maximum atomic E-state index is 13.1. The van der Waals surface area contributed by atoms with Crippen molar-refractivity contribution in [2.75, 3.05) is 46.8 Å². The Morgan fingerprint density at radius 3 is 1.55 bits per heavy atom. The summed E-state index contributed by atoms with van der Waals surface area (Å²) < 4.78 is 0. The molecule has 5 amide bonds. The van der Waals surface area contributed by atoms with Crippen LogP contribution in [0.1, 0.15) is 45.4 Å². The highest BCUT2D eigenvalue weighted by Crippen LogP contribution is 2.02. The van der Waals surface area contributed by atoms with Crippen LogP contribution in [-0.2, 0) is 28.8 Å². The van der Waals surface area contributed by atoms with E-state index in [1.54, 1.807) is 14.1 Å². The molecule has 0 saturated heterocycles. The molecule has 0 aromatic heterocycles. The van der Waals surface area contributed by atoms with E-state index in [0.29, 0.717) is 25.3 Å². The van der Waals surface area contributed by atoms with Crippen molar-refractivity contribution in [3.05, 3.63) is 0 Å². The Morgan fingerprint density at radius 1 is 0.673 bits per heavy atom. The first-order chi connectivity index (χ1) is 23.1. The van der Waals surface area contributed by atoms with Gasteiger partial charge in [-0.15, -0.1) is 0 Å². The summed E-state index contributed by atoms with van der Waals surface area (Å²) in [5, 5.41) is 27.5. The third-order valence-electron chi connectivity index (χ3n) is 6.49. The average Bonchev–Trinajstić information content (AvgIpc) is 3.04. The quantitative estimate of drug-likeness (QED) is 0.0268. The Balaban J connectivity index is 5.41. The summed E-state index contributed by atoms with van der Waals surface area (Å²) in [6, 6.07) is -4.34. The lowest BCUT2D eigenvalue weighted by Gasteiger charge is -2.21. The summed E-state index contributed by atoms with van der Waals surface area (Å²) in [5.74, 6) is -4.57. The van der Waals surface area contributed by atoms with Crippen LogP contribution >= 0.6 is 0 Å². The summed E-state index contributed by atoms with van der Waals surface area (Å²) in [7, 11) is 3.24. The smallest absolute Gasteiger partial charge is 0.326 e. The molecule has 0 aromatic rings. The molecule has 0 aliphatic rings. The number of aliphatic imine (C=N–C) groups is 3.